The highest BCUT2D eigenvalue weighted by Gasteiger charge is 2.10. The Bertz CT molecular complexity index is 710. The van der Waals surface area contributed by atoms with Crippen LogP contribution in [0.4, 0.5) is 5.82 Å². The van der Waals surface area contributed by atoms with Crippen LogP contribution in [0.1, 0.15) is 37.7 Å². The van der Waals surface area contributed by atoms with Crippen molar-refractivity contribution >= 4 is 18.0 Å². The van der Waals surface area contributed by atoms with Gasteiger partial charge in [-0.15, -0.1) is 0 Å². The van der Waals surface area contributed by atoms with Crippen molar-refractivity contribution in [2.45, 2.75) is 38.6 Å². The molecule has 26 heavy (non-hydrogen) atoms. The average Bonchev–Trinajstić information content (AvgIpc) is 2.67. The lowest BCUT2D eigenvalue weighted by atomic mass is 10.1. The Kier molecular flexibility index (Phi) is 7.46. The lowest BCUT2D eigenvalue weighted by Gasteiger charge is -2.26. The first-order chi connectivity index (χ1) is 12.8. The summed E-state index contributed by atoms with van der Waals surface area (Å²) in [7, 11) is 0. The number of H-pyrrole nitrogens is 1. The van der Waals surface area contributed by atoms with Crippen LogP contribution in [-0.4, -0.2) is 41.1 Å². The number of piperidine rings is 1. The lowest BCUT2D eigenvalue weighted by molar-refractivity contribution is 0.221. The first-order valence-electron chi connectivity index (χ1n) is 9.53. The Morgan fingerprint density at radius 1 is 1.08 bits per heavy atom. The van der Waals surface area contributed by atoms with E-state index < -0.39 is 0 Å². The van der Waals surface area contributed by atoms with Crippen molar-refractivity contribution in [1.82, 2.24) is 14.9 Å². The number of unbranched alkanes of at least 4 members (excludes halogenated alkanes) is 1. The number of aromatic nitrogens is 2. The van der Waals surface area contributed by atoms with Gasteiger partial charge in [-0.1, -0.05) is 18.6 Å². The molecular weight excluding hydrogens is 344 g/mol. The van der Waals surface area contributed by atoms with Gasteiger partial charge < -0.3 is 15.0 Å². The second-order valence-corrected chi connectivity index (χ2v) is 7.13. The minimum absolute atomic E-state index is 0.502. The number of hydrogen-bond donors (Lipinski definition) is 2. The Morgan fingerprint density at radius 3 is 2.65 bits per heavy atom. The molecule has 0 bridgehead atoms. The monoisotopic (exact) mass is 372 g/mol. The molecule has 140 valence electrons. The van der Waals surface area contributed by atoms with E-state index in [-0.39, 0.29) is 0 Å². The average molecular weight is 373 g/mol. The molecule has 6 heteroatoms. The molecule has 3 rings (SSSR count). The maximum Gasteiger partial charge on any atom is 0.198 e. The quantitative estimate of drug-likeness (QED) is 0.505. The topological polar surface area (TPSA) is 53.2 Å². The molecule has 0 radical (unpaired) electrons. The Labute approximate surface area is 160 Å². The van der Waals surface area contributed by atoms with E-state index in [2.05, 4.69) is 44.5 Å². The van der Waals surface area contributed by atoms with Gasteiger partial charge in [0.15, 0.2) is 4.77 Å². The zero-order chi connectivity index (χ0) is 18.0. The SMILES string of the molecule is S=c1nc(NCCCCOc2ccc(CN3CCCCC3)cc2)cc[nH]1. The molecule has 0 unspecified atom stereocenters. The number of nitrogens with zero attached hydrogens (tertiary/aromatic N) is 2. The van der Waals surface area contributed by atoms with Gasteiger partial charge in [0.05, 0.1) is 6.61 Å². The summed E-state index contributed by atoms with van der Waals surface area (Å²) in [6, 6.07) is 10.4. The minimum atomic E-state index is 0.502. The van der Waals surface area contributed by atoms with Gasteiger partial charge in [0.2, 0.25) is 0 Å². The van der Waals surface area contributed by atoms with E-state index in [0.717, 1.165) is 44.1 Å². The summed E-state index contributed by atoms with van der Waals surface area (Å²) in [5.74, 6) is 1.77. The summed E-state index contributed by atoms with van der Waals surface area (Å²) in [5.41, 5.74) is 1.37. The van der Waals surface area contributed by atoms with Crippen LogP contribution in [0, 0.1) is 4.77 Å². The van der Waals surface area contributed by atoms with E-state index >= 15 is 0 Å². The summed E-state index contributed by atoms with van der Waals surface area (Å²) in [6.45, 7) is 5.12. The third-order valence-electron chi connectivity index (χ3n) is 4.59. The molecule has 5 nitrogen and oxygen atoms in total. The van der Waals surface area contributed by atoms with Gasteiger partial charge >= 0.3 is 0 Å². The van der Waals surface area contributed by atoms with Gasteiger partial charge in [0.25, 0.3) is 0 Å². The summed E-state index contributed by atoms with van der Waals surface area (Å²) in [5, 5.41) is 3.27. The van der Waals surface area contributed by atoms with Crippen molar-refractivity contribution in [3.63, 3.8) is 0 Å². The van der Waals surface area contributed by atoms with E-state index in [1.807, 2.05) is 6.07 Å². The van der Waals surface area contributed by atoms with Gasteiger partial charge in [-0.05, 0) is 74.8 Å². The Balaban J connectivity index is 1.30. The lowest BCUT2D eigenvalue weighted by Crippen LogP contribution is -2.28. The van der Waals surface area contributed by atoms with E-state index in [0.29, 0.717) is 4.77 Å². The molecule has 1 fully saturated rings. The van der Waals surface area contributed by atoms with Crippen LogP contribution >= 0.6 is 12.2 Å². The molecule has 1 aromatic carbocycles. The van der Waals surface area contributed by atoms with Gasteiger partial charge in [0.1, 0.15) is 11.6 Å². The highest BCUT2D eigenvalue weighted by Crippen LogP contribution is 2.16. The van der Waals surface area contributed by atoms with Crippen LogP contribution in [0.2, 0.25) is 0 Å². The number of benzene rings is 1. The summed E-state index contributed by atoms with van der Waals surface area (Å²) >= 11 is 5.00. The van der Waals surface area contributed by atoms with Gasteiger partial charge in [0, 0.05) is 19.3 Å². The number of ether oxygens (including phenoxy) is 1. The second kappa shape index (κ2) is 10.3. The smallest absolute Gasteiger partial charge is 0.198 e. The van der Waals surface area contributed by atoms with Crippen LogP contribution in [0.3, 0.4) is 0 Å². The van der Waals surface area contributed by atoms with Crippen molar-refractivity contribution < 1.29 is 4.74 Å². The van der Waals surface area contributed by atoms with E-state index in [1.165, 1.54) is 37.9 Å². The predicted molar refractivity (Wildman–Crippen MR) is 108 cm³/mol. The van der Waals surface area contributed by atoms with Gasteiger partial charge in [-0.2, -0.15) is 0 Å². The van der Waals surface area contributed by atoms with Gasteiger partial charge in [-0.3, -0.25) is 4.90 Å². The number of hydrogen-bond acceptors (Lipinski definition) is 5. The van der Waals surface area contributed by atoms with Crippen molar-refractivity contribution in [2.75, 3.05) is 31.6 Å². The molecule has 0 aliphatic carbocycles. The first kappa shape index (κ1) is 18.9. The second-order valence-electron chi connectivity index (χ2n) is 6.74. The molecule has 0 atom stereocenters. The van der Waals surface area contributed by atoms with Crippen LogP contribution in [0.5, 0.6) is 5.75 Å². The standard InChI is InChI=1S/C20H28N4OS/c26-20-22-12-10-19(23-20)21-11-2-5-15-25-18-8-6-17(7-9-18)16-24-13-3-1-4-14-24/h6-10,12H,1-5,11,13-16H2,(H2,21,22,23,26). The molecule has 0 amide bonds. The van der Waals surface area contributed by atoms with Crippen molar-refractivity contribution in [1.29, 1.82) is 0 Å². The Hall–Kier alpha value is -1.92. The molecule has 0 saturated carbocycles. The molecule has 1 aliphatic heterocycles. The normalized spacial score (nSPS) is 14.9. The predicted octanol–water partition coefficient (Wildman–Crippen LogP) is 4.40. The number of rotatable bonds is 9. The zero-order valence-electron chi connectivity index (χ0n) is 15.2. The maximum atomic E-state index is 5.84. The molecule has 2 heterocycles. The van der Waals surface area contributed by atoms with E-state index in [9.17, 15) is 0 Å². The summed E-state index contributed by atoms with van der Waals surface area (Å²) in [6.07, 6.45) is 7.89. The minimum Gasteiger partial charge on any atom is -0.494 e. The molecule has 2 aromatic rings. The number of nitrogens with one attached hydrogen (secondary N) is 2. The highest BCUT2D eigenvalue weighted by molar-refractivity contribution is 7.71. The summed E-state index contributed by atoms with van der Waals surface area (Å²) in [4.78, 5) is 9.61. The Morgan fingerprint density at radius 2 is 1.88 bits per heavy atom. The van der Waals surface area contributed by atoms with Crippen molar-refractivity contribution in [3.05, 3.63) is 46.9 Å². The van der Waals surface area contributed by atoms with Crippen LogP contribution in [0.15, 0.2) is 36.5 Å². The van der Waals surface area contributed by atoms with Gasteiger partial charge in [-0.25, -0.2) is 4.98 Å². The third-order valence-corrected chi connectivity index (χ3v) is 4.80. The maximum absolute atomic E-state index is 5.84. The van der Waals surface area contributed by atoms with Crippen molar-refractivity contribution in [2.24, 2.45) is 0 Å². The molecule has 2 N–H and O–H groups in total. The number of anilines is 1. The molecule has 0 spiro atoms. The van der Waals surface area contributed by atoms with E-state index in [1.54, 1.807) is 6.20 Å². The zero-order valence-corrected chi connectivity index (χ0v) is 16.1. The fourth-order valence-electron chi connectivity index (χ4n) is 3.17. The highest BCUT2D eigenvalue weighted by atomic mass is 32.1. The fourth-order valence-corrected chi connectivity index (χ4v) is 3.34. The third kappa shape index (κ3) is 6.42. The fraction of sp³-hybridized carbons (Fsp3) is 0.500. The molecular formula is C20H28N4OS. The number of likely N-dealkylation sites (tertiary alicyclic amines) is 1. The number of aromatic amines is 1. The van der Waals surface area contributed by atoms with Crippen LogP contribution < -0.4 is 10.1 Å². The van der Waals surface area contributed by atoms with Crippen LogP contribution in [-0.2, 0) is 6.54 Å². The van der Waals surface area contributed by atoms with Crippen molar-refractivity contribution in [3.8, 4) is 5.75 Å². The molecule has 1 aromatic heterocycles. The molecule has 1 saturated heterocycles. The first-order valence-corrected chi connectivity index (χ1v) is 9.94. The van der Waals surface area contributed by atoms with Crippen LogP contribution in [0.25, 0.3) is 0 Å². The van der Waals surface area contributed by atoms with E-state index in [4.69, 9.17) is 17.0 Å². The molecule has 1 aliphatic rings. The largest absolute Gasteiger partial charge is 0.494 e. The summed E-state index contributed by atoms with van der Waals surface area (Å²) < 4.78 is 6.35.